The fraction of sp³-hybridized carbons (Fsp3) is 0.941. The van der Waals surface area contributed by atoms with Crippen molar-refractivity contribution in [3.05, 3.63) is 0 Å². The van der Waals surface area contributed by atoms with E-state index in [9.17, 15) is 4.79 Å². The van der Waals surface area contributed by atoms with Gasteiger partial charge in [-0.05, 0) is 78.6 Å². The van der Waals surface area contributed by atoms with Gasteiger partial charge >= 0.3 is 0 Å². The maximum atomic E-state index is 12.5. The van der Waals surface area contributed by atoms with E-state index < -0.39 is 33.3 Å². The van der Waals surface area contributed by atoms with E-state index in [1.165, 1.54) is 0 Å². The van der Waals surface area contributed by atoms with Crippen molar-refractivity contribution in [2.75, 3.05) is 6.61 Å². The van der Waals surface area contributed by atoms with Crippen molar-refractivity contribution >= 4 is 39.2 Å². The fourth-order valence-corrected chi connectivity index (χ4v) is 5.96. The van der Waals surface area contributed by atoms with E-state index in [2.05, 4.69) is 58.9 Å². The number of hydrogen-bond acceptors (Lipinski definition) is 5. The second kappa shape index (κ2) is 9.62. The Morgan fingerprint density at radius 3 is 1.42 bits per heavy atom. The van der Waals surface area contributed by atoms with Gasteiger partial charge in [0.1, 0.15) is 0 Å². The number of carbonyl (C=O) groups is 1. The zero-order valence-corrected chi connectivity index (χ0v) is 23.1. The van der Waals surface area contributed by atoms with Crippen molar-refractivity contribution in [1.29, 1.82) is 0 Å². The average molecular weight is 439 g/mol. The van der Waals surface area contributed by atoms with E-state index in [-0.39, 0.29) is 24.6 Å². The van der Waals surface area contributed by atoms with Gasteiger partial charge < -0.3 is 17.7 Å². The summed E-state index contributed by atoms with van der Waals surface area (Å²) in [6.07, 6.45) is -0.346. The van der Waals surface area contributed by atoms with E-state index in [0.29, 0.717) is 6.61 Å². The third kappa shape index (κ3) is 15.3. The van der Waals surface area contributed by atoms with Crippen LogP contribution in [0.4, 0.5) is 0 Å². The molecule has 0 radical (unpaired) electrons. The minimum absolute atomic E-state index is 0.190. The third-order valence-electron chi connectivity index (χ3n) is 2.89. The highest BCUT2D eigenvalue weighted by molar-refractivity contribution is 6.71. The molecule has 0 heterocycles. The molecular formula is C17H42O5Si4. The van der Waals surface area contributed by atoms with Crippen LogP contribution in [0.25, 0.3) is 0 Å². The van der Waals surface area contributed by atoms with Crippen LogP contribution < -0.4 is 0 Å². The SMILES string of the molecule is C[Si](C)(C)OC[C@H](O[Si](C)(C)C)[C@@H](CC(=O)O[Si](C)(C)C)O[Si](C)(C)C. The number of hydrogen-bond donors (Lipinski definition) is 0. The largest absolute Gasteiger partial charge is 0.520 e. The van der Waals surface area contributed by atoms with Crippen LogP contribution in [0, 0.1) is 0 Å². The second-order valence-corrected chi connectivity index (χ2v) is 28.6. The molecule has 0 spiro atoms. The standard InChI is InChI=1S/C17H42O5Si4/c1-23(2,3)19-14-16(21-25(7,8)9)15(20-24(4,5)6)13-17(18)22-26(10,11)12/h15-16H,13-14H2,1-12H3/t15-,16+/m1/s1. The summed E-state index contributed by atoms with van der Waals surface area (Å²) in [6, 6.07) is 0. The van der Waals surface area contributed by atoms with Crippen LogP contribution in [-0.4, -0.2) is 58.1 Å². The van der Waals surface area contributed by atoms with Crippen LogP contribution in [0.5, 0.6) is 0 Å². The summed E-state index contributed by atoms with van der Waals surface area (Å²) in [5, 5.41) is 0. The van der Waals surface area contributed by atoms with Crippen molar-refractivity contribution in [1.82, 2.24) is 0 Å². The Morgan fingerprint density at radius 2 is 1.08 bits per heavy atom. The molecule has 0 amide bonds. The Morgan fingerprint density at radius 1 is 0.654 bits per heavy atom. The Hall–Kier alpha value is 0.218. The second-order valence-electron chi connectivity index (χ2n) is 10.8. The minimum Gasteiger partial charge on any atom is -0.520 e. The van der Waals surface area contributed by atoms with Gasteiger partial charge in [-0.25, -0.2) is 0 Å². The molecule has 0 saturated heterocycles. The molecule has 0 aromatic rings. The van der Waals surface area contributed by atoms with Gasteiger partial charge in [-0.1, -0.05) is 0 Å². The van der Waals surface area contributed by atoms with Gasteiger partial charge in [-0.15, -0.1) is 0 Å². The first-order chi connectivity index (χ1) is 11.3. The summed E-state index contributed by atoms with van der Waals surface area (Å²) in [5.41, 5.74) is 0. The molecule has 0 rings (SSSR count). The highest BCUT2D eigenvalue weighted by Gasteiger charge is 2.36. The third-order valence-corrected chi connectivity index (χ3v) is 6.79. The molecule has 0 fully saturated rings. The lowest BCUT2D eigenvalue weighted by Gasteiger charge is -2.37. The quantitative estimate of drug-likeness (QED) is 0.423. The summed E-state index contributed by atoms with van der Waals surface area (Å²) < 4.78 is 24.6. The molecule has 0 unspecified atom stereocenters. The molecule has 26 heavy (non-hydrogen) atoms. The van der Waals surface area contributed by atoms with E-state index in [4.69, 9.17) is 17.7 Å². The van der Waals surface area contributed by atoms with Crippen LogP contribution in [0.1, 0.15) is 6.42 Å². The highest BCUT2D eigenvalue weighted by atomic mass is 28.4. The van der Waals surface area contributed by atoms with Crippen LogP contribution >= 0.6 is 0 Å². The smallest absolute Gasteiger partial charge is 0.295 e. The van der Waals surface area contributed by atoms with Crippen molar-refractivity contribution in [3.8, 4) is 0 Å². The van der Waals surface area contributed by atoms with Gasteiger partial charge in [0, 0.05) is 0 Å². The van der Waals surface area contributed by atoms with Crippen LogP contribution in [0.2, 0.25) is 78.6 Å². The van der Waals surface area contributed by atoms with Gasteiger partial charge in [0.05, 0.1) is 25.2 Å². The lowest BCUT2D eigenvalue weighted by Crippen LogP contribution is -2.49. The predicted octanol–water partition coefficient (Wildman–Crippen LogP) is 5.05. The average Bonchev–Trinajstić information content (AvgIpc) is 2.26. The molecule has 0 aliphatic rings. The molecule has 2 atom stereocenters. The van der Waals surface area contributed by atoms with Gasteiger partial charge in [0.15, 0.2) is 25.0 Å². The first-order valence-corrected chi connectivity index (χ1v) is 23.1. The molecule has 0 aromatic carbocycles. The minimum atomic E-state index is -1.93. The Balaban J connectivity index is 5.44. The van der Waals surface area contributed by atoms with Crippen molar-refractivity contribution < 1.29 is 22.5 Å². The zero-order valence-electron chi connectivity index (χ0n) is 19.1. The van der Waals surface area contributed by atoms with Crippen LogP contribution in [0.3, 0.4) is 0 Å². The number of rotatable bonds is 11. The fourth-order valence-electron chi connectivity index (χ4n) is 2.25. The molecule has 0 aliphatic carbocycles. The maximum absolute atomic E-state index is 12.5. The van der Waals surface area contributed by atoms with E-state index in [1.807, 2.05) is 19.6 Å². The summed E-state index contributed by atoms with van der Waals surface area (Å²) in [5.74, 6) is -0.190. The molecule has 9 heteroatoms. The van der Waals surface area contributed by atoms with Crippen molar-refractivity contribution in [3.63, 3.8) is 0 Å². The Labute approximate surface area is 165 Å². The molecule has 156 valence electrons. The summed E-state index contributed by atoms with van der Waals surface area (Å²) >= 11 is 0. The maximum Gasteiger partial charge on any atom is 0.295 e. The van der Waals surface area contributed by atoms with E-state index in [0.717, 1.165) is 0 Å². The van der Waals surface area contributed by atoms with E-state index in [1.54, 1.807) is 0 Å². The summed E-state index contributed by atoms with van der Waals surface area (Å²) in [7, 11) is -7.31. The van der Waals surface area contributed by atoms with Crippen LogP contribution in [-0.2, 0) is 22.5 Å². The first-order valence-electron chi connectivity index (χ1n) is 9.49. The Bertz CT molecular complexity index is 444. The van der Waals surface area contributed by atoms with Crippen molar-refractivity contribution in [2.24, 2.45) is 0 Å². The molecule has 0 aliphatic heterocycles. The first kappa shape index (κ1) is 26.2. The highest BCUT2D eigenvalue weighted by Crippen LogP contribution is 2.22. The van der Waals surface area contributed by atoms with E-state index >= 15 is 0 Å². The predicted molar refractivity (Wildman–Crippen MR) is 120 cm³/mol. The van der Waals surface area contributed by atoms with Gasteiger partial charge in [0.2, 0.25) is 8.32 Å². The van der Waals surface area contributed by atoms with Crippen LogP contribution in [0.15, 0.2) is 0 Å². The molecule has 5 nitrogen and oxygen atoms in total. The normalized spacial score (nSPS) is 16.3. The van der Waals surface area contributed by atoms with Gasteiger partial charge in [-0.3, -0.25) is 4.79 Å². The topological polar surface area (TPSA) is 54.0 Å². The lowest BCUT2D eigenvalue weighted by atomic mass is 10.1. The summed E-state index contributed by atoms with van der Waals surface area (Å²) in [4.78, 5) is 12.5. The van der Waals surface area contributed by atoms with Gasteiger partial charge in [-0.2, -0.15) is 0 Å². The Kier molecular flexibility index (Phi) is 9.70. The van der Waals surface area contributed by atoms with Gasteiger partial charge in [0.25, 0.3) is 5.97 Å². The molecular weight excluding hydrogens is 397 g/mol. The monoisotopic (exact) mass is 438 g/mol. The van der Waals surface area contributed by atoms with Crippen molar-refractivity contribution in [2.45, 2.75) is 97.2 Å². The summed E-state index contributed by atoms with van der Waals surface area (Å²) in [6.45, 7) is 25.9. The molecule has 0 saturated carbocycles. The molecule has 0 bridgehead atoms. The molecule has 0 N–H and O–H groups in total. The zero-order chi connectivity index (χ0) is 21.0. The number of carbonyl (C=O) groups excluding carboxylic acids is 1. The lowest BCUT2D eigenvalue weighted by molar-refractivity contribution is -0.138. The molecule has 0 aromatic heterocycles.